The Morgan fingerprint density at radius 2 is 2.16 bits per heavy atom. The van der Waals surface area contributed by atoms with Gasteiger partial charge in [0.05, 0.1) is 23.4 Å². The minimum atomic E-state index is -0.442. The molecule has 0 fully saturated rings. The molecule has 0 atom stereocenters. The zero-order valence-electron chi connectivity index (χ0n) is 10.1. The number of pyridine rings is 1. The molecule has 2 rings (SSSR count). The van der Waals surface area contributed by atoms with Crippen molar-refractivity contribution in [3.63, 3.8) is 0 Å². The summed E-state index contributed by atoms with van der Waals surface area (Å²) >= 11 is 5.75. The predicted octanol–water partition coefficient (Wildman–Crippen LogP) is 2.90. The number of rotatable bonds is 3. The predicted molar refractivity (Wildman–Crippen MR) is 71.5 cm³/mol. The maximum atomic E-state index is 11.4. The Labute approximate surface area is 114 Å². The van der Waals surface area contributed by atoms with Crippen molar-refractivity contribution in [1.82, 2.24) is 4.98 Å². The van der Waals surface area contributed by atoms with Crippen LogP contribution in [0.25, 0.3) is 0 Å². The van der Waals surface area contributed by atoms with E-state index in [0.717, 1.165) is 0 Å². The summed E-state index contributed by atoms with van der Waals surface area (Å²) in [6.07, 6.45) is 1.43. The average Bonchev–Trinajstić information content (AvgIpc) is 2.41. The summed E-state index contributed by atoms with van der Waals surface area (Å²) in [7, 11) is 1.31. The van der Waals surface area contributed by atoms with Crippen LogP contribution in [0.15, 0.2) is 36.5 Å². The van der Waals surface area contributed by atoms with Gasteiger partial charge >= 0.3 is 5.97 Å². The Kier molecular flexibility index (Phi) is 3.87. The summed E-state index contributed by atoms with van der Waals surface area (Å²) in [5.41, 5.74) is 6.43. The molecular weight excluding hydrogens is 268 g/mol. The van der Waals surface area contributed by atoms with E-state index in [2.05, 4.69) is 9.72 Å². The third-order valence-corrected chi connectivity index (χ3v) is 2.52. The smallest absolute Gasteiger partial charge is 0.337 e. The van der Waals surface area contributed by atoms with Crippen molar-refractivity contribution in [3.05, 3.63) is 47.1 Å². The molecule has 0 unspecified atom stereocenters. The Morgan fingerprint density at radius 1 is 1.37 bits per heavy atom. The summed E-state index contributed by atoms with van der Waals surface area (Å²) in [4.78, 5) is 15.4. The lowest BCUT2D eigenvalue weighted by Crippen LogP contribution is -2.01. The number of ether oxygens (including phenoxy) is 2. The van der Waals surface area contributed by atoms with Gasteiger partial charge in [0.1, 0.15) is 5.75 Å². The number of methoxy groups -OCH3 is 1. The van der Waals surface area contributed by atoms with Crippen LogP contribution in [0, 0.1) is 0 Å². The van der Waals surface area contributed by atoms with E-state index < -0.39 is 5.97 Å². The molecule has 19 heavy (non-hydrogen) atoms. The van der Waals surface area contributed by atoms with Crippen LogP contribution >= 0.6 is 11.6 Å². The topological polar surface area (TPSA) is 74.4 Å². The minimum Gasteiger partial charge on any atom is -0.465 e. The molecule has 0 aliphatic carbocycles. The molecule has 0 saturated heterocycles. The number of anilines is 1. The number of hydrogen-bond acceptors (Lipinski definition) is 5. The molecule has 0 saturated carbocycles. The van der Waals surface area contributed by atoms with Crippen LogP contribution < -0.4 is 10.5 Å². The molecule has 5 nitrogen and oxygen atoms in total. The summed E-state index contributed by atoms with van der Waals surface area (Å²) < 4.78 is 10.1. The van der Waals surface area contributed by atoms with Gasteiger partial charge in [0.25, 0.3) is 0 Å². The van der Waals surface area contributed by atoms with E-state index in [1.807, 2.05) is 0 Å². The van der Waals surface area contributed by atoms with E-state index >= 15 is 0 Å². The molecule has 0 aliphatic rings. The first-order valence-corrected chi connectivity index (χ1v) is 5.75. The summed E-state index contributed by atoms with van der Waals surface area (Å²) in [5.74, 6) is 0.221. The lowest BCUT2D eigenvalue weighted by molar-refractivity contribution is 0.0600. The first-order chi connectivity index (χ1) is 9.10. The number of nitrogens with zero attached hydrogens (tertiary/aromatic N) is 1. The third kappa shape index (κ3) is 3.14. The highest BCUT2D eigenvalue weighted by Crippen LogP contribution is 2.27. The van der Waals surface area contributed by atoms with Crippen LogP contribution in [-0.2, 0) is 4.74 Å². The van der Waals surface area contributed by atoms with Crippen molar-refractivity contribution < 1.29 is 14.3 Å². The van der Waals surface area contributed by atoms with Crippen molar-refractivity contribution in [3.8, 4) is 11.6 Å². The molecule has 1 aromatic carbocycles. The molecule has 98 valence electrons. The van der Waals surface area contributed by atoms with Crippen molar-refractivity contribution in [1.29, 1.82) is 0 Å². The number of esters is 1. The highest BCUT2D eigenvalue weighted by Gasteiger charge is 2.09. The fourth-order valence-corrected chi connectivity index (χ4v) is 1.61. The zero-order valence-corrected chi connectivity index (χ0v) is 10.8. The van der Waals surface area contributed by atoms with E-state index in [-0.39, 0.29) is 5.88 Å². The fraction of sp³-hybridized carbons (Fsp3) is 0.0769. The van der Waals surface area contributed by atoms with Gasteiger partial charge in [-0.3, -0.25) is 0 Å². The molecule has 2 N–H and O–H groups in total. The van der Waals surface area contributed by atoms with E-state index in [4.69, 9.17) is 22.1 Å². The largest absolute Gasteiger partial charge is 0.465 e. The highest BCUT2D eigenvalue weighted by atomic mass is 35.5. The van der Waals surface area contributed by atoms with Gasteiger partial charge in [-0.2, -0.15) is 0 Å². The second kappa shape index (κ2) is 5.58. The number of carbonyl (C=O) groups excluding carboxylic acids is 1. The number of nitrogen functional groups attached to an aromatic ring is 1. The average molecular weight is 279 g/mol. The maximum Gasteiger partial charge on any atom is 0.337 e. The first-order valence-electron chi connectivity index (χ1n) is 5.37. The van der Waals surface area contributed by atoms with Gasteiger partial charge in [0, 0.05) is 6.20 Å². The molecule has 0 amide bonds. The number of nitrogens with two attached hydrogens (primary N) is 1. The molecule has 0 spiro atoms. The summed E-state index contributed by atoms with van der Waals surface area (Å²) in [6, 6.07) is 8.06. The van der Waals surface area contributed by atoms with Crippen molar-refractivity contribution in [2.45, 2.75) is 0 Å². The van der Waals surface area contributed by atoms with E-state index in [0.29, 0.717) is 22.0 Å². The van der Waals surface area contributed by atoms with Gasteiger partial charge < -0.3 is 15.2 Å². The van der Waals surface area contributed by atoms with Gasteiger partial charge in [-0.25, -0.2) is 9.78 Å². The molecule has 2 aromatic rings. The van der Waals surface area contributed by atoms with Crippen LogP contribution in [0.1, 0.15) is 10.4 Å². The van der Waals surface area contributed by atoms with E-state index in [1.54, 1.807) is 24.3 Å². The number of benzene rings is 1. The molecular formula is C13H11ClN2O3. The van der Waals surface area contributed by atoms with Gasteiger partial charge in [-0.1, -0.05) is 17.7 Å². The van der Waals surface area contributed by atoms with Gasteiger partial charge in [0.15, 0.2) is 0 Å². The van der Waals surface area contributed by atoms with Gasteiger partial charge in [0.2, 0.25) is 5.88 Å². The molecule has 1 aromatic heterocycles. The van der Waals surface area contributed by atoms with E-state index in [9.17, 15) is 4.79 Å². The van der Waals surface area contributed by atoms with Crippen molar-refractivity contribution >= 4 is 23.3 Å². The van der Waals surface area contributed by atoms with Crippen LogP contribution in [-0.4, -0.2) is 18.1 Å². The quantitative estimate of drug-likeness (QED) is 0.874. The SMILES string of the molecule is COC(=O)c1cccc(Oc2ncc(Cl)cc2N)c1. The highest BCUT2D eigenvalue weighted by molar-refractivity contribution is 6.30. The minimum absolute atomic E-state index is 0.228. The molecule has 0 bridgehead atoms. The van der Waals surface area contributed by atoms with Gasteiger partial charge in [-0.05, 0) is 24.3 Å². The van der Waals surface area contributed by atoms with E-state index in [1.165, 1.54) is 19.4 Å². The van der Waals surface area contributed by atoms with Crippen LogP contribution in [0.3, 0.4) is 0 Å². The molecule has 0 radical (unpaired) electrons. The number of carbonyl (C=O) groups is 1. The number of halogens is 1. The second-order valence-corrected chi connectivity index (χ2v) is 4.11. The van der Waals surface area contributed by atoms with Crippen molar-refractivity contribution in [2.24, 2.45) is 0 Å². The number of hydrogen-bond donors (Lipinski definition) is 1. The molecule has 0 aliphatic heterocycles. The lowest BCUT2D eigenvalue weighted by atomic mass is 10.2. The Hall–Kier alpha value is -2.27. The first kappa shape index (κ1) is 13.2. The number of aromatic nitrogens is 1. The van der Waals surface area contributed by atoms with Crippen LogP contribution in [0.5, 0.6) is 11.6 Å². The lowest BCUT2D eigenvalue weighted by Gasteiger charge is -2.08. The Morgan fingerprint density at radius 3 is 2.84 bits per heavy atom. The molecule has 6 heteroatoms. The third-order valence-electron chi connectivity index (χ3n) is 2.32. The summed E-state index contributed by atoms with van der Waals surface area (Å²) in [5, 5.41) is 0.424. The summed E-state index contributed by atoms with van der Waals surface area (Å²) in [6.45, 7) is 0. The zero-order chi connectivity index (χ0) is 13.8. The standard InChI is InChI=1S/C13H11ClN2O3/c1-18-13(17)8-3-2-4-10(5-8)19-12-11(15)6-9(14)7-16-12/h2-7H,15H2,1H3. The Bertz CT molecular complexity index is 617. The van der Waals surface area contributed by atoms with Crippen LogP contribution in [0.2, 0.25) is 5.02 Å². The second-order valence-electron chi connectivity index (χ2n) is 3.67. The van der Waals surface area contributed by atoms with Crippen molar-refractivity contribution in [2.75, 3.05) is 12.8 Å². The normalized spacial score (nSPS) is 10.0. The van der Waals surface area contributed by atoms with Crippen LogP contribution in [0.4, 0.5) is 5.69 Å². The monoisotopic (exact) mass is 278 g/mol. The Balaban J connectivity index is 2.26. The van der Waals surface area contributed by atoms with Gasteiger partial charge in [-0.15, -0.1) is 0 Å². The maximum absolute atomic E-state index is 11.4. The molecule has 1 heterocycles. The fourth-order valence-electron chi connectivity index (χ4n) is 1.44.